The van der Waals surface area contributed by atoms with Crippen LogP contribution in [-0.4, -0.2) is 39.3 Å². The Morgan fingerprint density at radius 2 is 1.83 bits per heavy atom. The first kappa shape index (κ1) is 18.0. The molecule has 2 fully saturated rings. The monoisotopic (exact) mass is 370 g/mol. The van der Waals surface area contributed by atoms with Crippen molar-refractivity contribution in [2.45, 2.75) is 31.1 Å². The highest BCUT2D eigenvalue weighted by Crippen LogP contribution is 2.53. The number of piperidine rings is 1. The first-order valence-corrected chi connectivity index (χ1v) is 9.21. The van der Waals surface area contributed by atoms with Gasteiger partial charge in [0.2, 0.25) is 5.91 Å². The molecule has 2 N–H and O–H groups in total. The summed E-state index contributed by atoms with van der Waals surface area (Å²) in [5.41, 5.74) is 0.226. The summed E-state index contributed by atoms with van der Waals surface area (Å²) in [4.78, 5) is 12.9. The van der Waals surface area contributed by atoms with Gasteiger partial charge in [-0.1, -0.05) is 29.3 Å². The highest BCUT2D eigenvalue weighted by Gasteiger charge is 2.53. The summed E-state index contributed by atoms with van der Waals surface area (Å²) in [6, 6.07) is 5.41. The fourth-order valence-electron chi connectivity index (χ4n) is 3.74. The number of carbonyl (C=O) groups is 1. The van der Waals surface area contributed by atoms with Gasteiger partial charge in [0.1, 0.15) is 0 Å². The summed E-state index contributed by atoms with van der Waals surface area (Å²) in [6.07, 6.45) is 3.59. The number of methoxy groups -OCH3 is 1. The van der Waals surface area contributed by atoms with E-state index in [2.05, 4.69) is 10.6 Å². The van der Waals surface area contributed by atoms with Gasteiger partial charge in [-0.05, 0) is 50.9 Å². The zero-order chi connectivity index (χ0) is 17.2. The van der Waals surface area contributed by atoms with Gasteiger partial charge < -0.3 is 15.4 Å². The Hall–Kier alpha value is -0.810. The molecule has 24 heavy (non-hydrogen) atoms. The van der Waals surface area contributed by atoms with Crippen molar-refractivity contribution < 1.29 is 9.53 Å². The molecule has 1 aromatic carbocycles. The maximum atomic E-state index is 12.9. The summed E-state index contributed by atoms with van der Waals surface area (Å²) >= 11 is 12.7. The fourth-order valence-corrected chi connectivity index (χ4v) is 4.50. The number of carbonyl (C=O) groups excluding carboxylic acids is 1. The lowest BCUT2D eigenvalue weighted by Gasteiger charge is -2.37. The molecular formula is C18H24Cl2N2O2. The molecule has 4 nitrogen and oxygen atoms in total. The van der Waals surface area contributed by atoms with Crippen molar-refractivity contribution in [3.05, 3.63) is 33.8 Å². The van der Waals surface area contributed by atoms with E-state index in [0.29, 0.717) is 23.2 Å². The summed E-state index contributed by atoms with van der Waals surface area (Å²) < 4.78 is 5.42. The molecule has 1 saturated heterocycles. The first-order valence-electron chi connectivity index (χ1n) is 8.46. The van der Waals surface area contributed by atoms with E-state index in [4.69, 9.17) is 27.9 Å². The SMILES string of the molecule is COCC1(CNC(=O)C2(c3c(Cl)cccc3Cl)CC2)CCNCC1. The molecule has 1 aliphatic heterocycles. The van der Waals surface area contributed by atoms with Gasteiger partial charge in [0.15, 0.2) is 0 Å². The zero-order valence-electron chi connectivity index (χ0n) is 14.0. The molecule has 0 radical (unpaired) electrons. The molecule has 132 valence electrons. The summed E-state index contributed by atoms with van der Waals surface area (Å²) in [7, 11) is 1.72. The third kappa shape index (κ3) is 3.43. The van der Waals surface area contributed by atoms with Crippen molar-refractivity contribution in [1.82, 2.24) is 10.6 Å². The minimum Gasteiger partial charge on any atom is -0.384 e. The average Bonchev–Trinajstić information content (AvgIpc) is 3.35. The van der Waals surface area contributed by atoms with Crippen LogP contribution in [0.25, 0.3) is 0 Å². The Kier molecular flexibility index (Phi) is 5.40. The van der Waals surface area contributed by atoms with Crippen LogP contribution >= 0.6 is 23.2 Å². The third-order valence-electron chi connectivity index (χ3n) is 5.36. The summed E-state index contributed by atoms with van der Waals surface area (Å²) in [5.74, 6) is 0.0338. The van der Waals surface area contributed by atoms with Crippen LogP contribution in [0, 0.1) is 5.41 Å². The van der Waals surface area contributed by atoms with Gasteiger partial charge in [-0.3, -0.25) is 4.79 Å². The Morgan fingerprint density at radius 3 is 2.38 bits per heavy atom. The van der Waals surface area contributed by atoms with Gasteiger partial charge in [0.05, 0.1) is 12.0 Å². The quantitative estimate of drug-likeness (QED) is 0.808. The normalized spacial score (nSPS) is 21.3. The van der Waals surface area contributed by atoms with E-state index < -0.39 is 5.41 Å². The fraction of sp³-hybridized carbons (Fsp3) is 0.611. The van der Waals surface area contributed by atoms with Gasteiger partial charge in [-0.15, -0.1) is 0 Å². The van der Waals surface area contributed by atoms with E-state index in [0.717, 1.165) is 44.3 Å². The molecule has 0 aromatic heterocycles. The van der Waals surface area contributed by atoms with Gasteiger partial charge >= 0.3 is 0 Å². The van der Waals surface area contributed by atoms with E-state index in [-0.39, 0.29) is 11.3 Å². The number of amides is 1. The number of benzene rings is 1. The number of nitrogens with one attached hydrogen (secondary N) is 2. The maximum Gasteiger partial charge on any atom is 0.230 e. The Morgan fingerprint density at radius 1 is 1.21 bits per heavy atom. The predicted octanol–water partition coefficient (Wildman–Crippen LogP) is 3.16. The second kappa shape index (κ2) is 7.20. The number of halogens is 2. The zero-order valence-corrected chi connectivity index (χ0v) is 15.5. The lowest BCUT2D eigenvalue weighted by Crippen LogP contribution is -2.49. The first-order chi connectivity index (χ1) is 11.5. The van der Waals surface area contributed by atoms with Crippen molar-refractivity contribution in [3.63, 3.8) is 0 Å². The van der Waals surface area contributed by atoms with Crippen molar-refractivity contribution in [1.29, 1.82) is 0 Å². The molecule has 3 rings (SSSR count). The lowest BCUT2D eigenvalue weighted by molar-refractivity contribution is -0.124. The molecule has 1 heterocycles. The van der Waals surface area contributed by atoms with Crippen LogP contribution in [0.3, 0.4) is 0 Å². The molecule has 1 amide bonds. The minimum atomic E-state index is -0.559. The second-order valence-electron chi connectivity index (χ2n) is 7.04. The molecule has 1 saturated carbocycles. The largest absolute Gasteiger partial charge is 0.384 e. The summed E-state index contributed by atoms with van der Waals surface area (Å²) in [6.45, 7) is 3.21. The number of ether oxygens (including phenoxy) is 1. The van der Waals surface area contributed by atoms with Gasteiger partial charge in [0.25, 0.3) is 0 Å². The second-order valence-corrected chi connectivity index (χ2v) is 7.86. The van der Waals surface area contributed by atoms with Crippen LogP contribution in [0.2, 0.25) is 10.0 Å². The lowest BCUT2D eigenvalue weighted by atomic mass is 9.79. The van der Waals surface area contributed by atoms with Crippen molar-refractivity contribution in [2.24, 2.45) is 5.41 Å². The van der Waals surface area contributed by atoms with Crippen LogP contribution in [-0.2, 0) is 14.9 Å². The third-order valence-corrected chi connectivity index (χ3v) is 5.99. The Labute approximate surface area is 153 Å². The molecule has 1 aromatic rings. The average molecular weight is 371 g/mol. The summed E-state index contributed by atoms with van der Waals surface area (Å²) in [5, 5.41) is 7.68. The molecule has 2 aliphatic rings. The smallest absolute Gasteiger partial charge is 0.230 e. The van der Waals surface area contributed by atoms with Gasteiger partial charge in [0, 0.05) is 34.7 Å². The molecule has 0 bridgehead atoms. The molecule has 0 atom stereocenters. The Bertz CT molecular complexity index is 585. The number of hydrogen-bond donors (Lipinski definition) is 2. The van der Waals surface area contributed by atoms with Crippen LogP contribution in [0.4, 0.5) is 0 Å². The molecule has 0 unspecified atom stereocenters. The van der Waals surface area contributed by atoms with Crippen LogP contribution in [0.5, 0.6) is 0 Å². The standard InChI is InChI=1S/C18H24Cl2N2O2/c1-24-12-17(7-9-21-10-8-17)11-22-16(23)18(5-6-18)15-13(19)3-2-4-14(15)20/h2-4,21H,5-12H2,1H3,(H,22,23). The highest BCUT2D eigenvalue weighted by molar-refractivity contribution is 6.36. The van der Waals surface area contributed by atoms with Crippen LogP contribution in [0.15, 0.2) is 18.2 Å². The topological polar surface area (TPSA) is 50.4 Å². The van der Waals surface area contributed by atoms with Gasteiger partial charge in [-0.2, -0.15) is 0 Å². The number of rotatable bonds is 6. The van der Waals surface area contributed by atoms with Crippen molar-refractivity contribution in [2.75, 3.05) is 33.4 Å². The minimum absolute atomic E-state index is 0.00994. The number of hydrogen-bond acceptors (Lipinski definition) is 3. The van der Waals surface area contributed by atoms with Crippen molar-refractivity contribution in [3.8, 4) is 0 Å². The van der Waals surface area contributed by atoms with E-state index in [1.807, 2.05) is 6.07 Å². The van der Waals surface area contributed by atoms with Gasteiger partial charge in [-0.25, -0.2) is 0 Å². The molecular weight excluding hydrogens is 347 g/mol. The molecule has 0 spiro atoms. The van der Waals surface area contributed by atoms with E-state index in [9.17, 15) is 4.79 Å². The molecule has 6 heteroatoms. The highest BCUT2D eigenvalue weighted by atomic mass is 35.5. The van der Waals surface area contributed by atoms with E-state index in [1.165, 1.54) is 0 Å². The van der Waals surface area contributed by atoms with E-state index in [1.54, 1.807) is 19.2 Å². The van der Waals surface area contributed by atoms with E-state index >= 15 is 0 Å². The Balaban J connectivity index is 1.72. The van der Waals surface area contributed by atoms with Crippen molar-refractivity contribution >= 4 is 29.1 Å². The van der Waals surface area contributed by atoms with Crippen LogP contribution in [0.1, 0.15) is 31.2 Å². The maximum absolute atomic E-state index is 12.9. The van der Waals surface area contributed by atoms with Crippen LogP contribution < -0.4 is 10.6 Å². The molecule has 1 aliphatic carbocycles. The predicted molar refractivity (Wildman–Crippen MR) is 96.8 cm³/mol.